The summed E-state index contributed by atoms with van der Waals surface area (Å²) in [4.78, 5) is 15.3. The molecule has 0 unspecified atom stereocenters. The van der Waals surface area contributed by atoms with E-state index in [1.54, 1.807) is 17.3 Å². The van der Waals surface area contributed by atoms with Crippen molar-refractivity contribution in [2.75, 3.05) is 6.54 Å². The predicted molar refractivity (Wildman–Crippen MR) is 135 cm³/mol. The first-order chi connectivity index (χ1) is 18.0. The van der Waals surface area contributed by atoms with Crippen LogP contribution in [0.1, 0.15) is 40.1 Å². The van der Waals surface area contributed by atoms with E-state index in [1.165, 1.54) is 0 Å². The number of aromatic nitrogens is 8. The fourth-order valence-corrected chi connectivity index (χ4v) is 5.14. The molecule has 188 valence electrons. The number of amides is 1. The number of hydrogen-bond donors (Lipinski definition) is 0. The van der Waals surface area contributed by atoms with E-state index >= 15 is 0 Å². The fraction of sp³-hybridized carbons (Fsp3) is 0.308. The summed E-state index contributed by atoms with van der Waals surface area (Å²) in [7, 11) is 1.92. The number of rotatable bonds is 5. The number of carbonyl (C=O) groups is 1. The number of carbonyl (C=O) groups excluding carboxylic acids is 1. The van der Waals surface area contributed by atoms with Gasteiger partial charge < -0.3 is 9.42 Å². The first-order valence-corrected chi connectivity index (χ1v) is 12.3. The van der Waals surface area contributed by atoms with Crippen LogP contribution in [-0.2, 0) is 26.6 Å². The topological polar surface area (TPSA) is 113 Å². The van der Waals surface area contributed by atoms with Gasteiger partial charge in [-0.1, -0.05) is 23.4 Å². The molecule has 11 nitrogen and oxygen atoms in total. The van der Waals surface area contributed by atoms with Crippen molar-refractivity contribution in [2.24, 2.45) is 7.05 Å². The fourth-order valence-electron chi connectivity index (χ4n) is 5.14. The lowest BCUT2D eigenvalue weighted by Gasteiger charge is -2.26. The van der Waals surface area contributed by atoms with E-state index in [4.69, 9.17) is 9.62 Å². The third kappa shape index (κ3) is 3.74. The molecule has 0 spiro atoms. The number of para-hydroxylation sites is 1. The van der Waals surface area contributed by atoms with Gasteiger partial charge in [-0.2, -0.15) is 10.2 Å². The Bertz CT molecular complexity index is 1610. The van der Waals surface area contributed by atoms with Crippen LogP contribution in [0.15, 0.2) is 47.2 Å². The Morgan fingerprint density at radius 2 is 1.95 bits per heavy atom. The van der Waals surface area contributed by atoms with Crippen LogP contribution in [0.5, 0.6) is 0 Å². The minimum absolute atomic E-state index is 0.182. The average molecular weight is 498 g/mol. The standard InChI is InChI=1S/C26H27N9O2/c1-5-35-17(3)23(16(2)29-35)22-13-20(31-37-22)26(36)33-12-11-21-19(14-33)24(30-32(21)4)25-28-27-15-34(25)18-9-7-6-8-10-18/h6-10,13,15H,5,11-12,14H2,1-4H3. The molecule has 0 atom stereocenters. The Kier molecular flexibility index (Phi) is 5.47. The molecule has 0 saturated carbocycles. The minimum atomic E-state index is -0.182. The summed E-state index contributed by atoms with van der Waals surface area (Å²) in [5.41, 5.74) is 6.70. The van der Waals surface area contributed by atoms with Gasteiger partial charge in [0.05, 0.1) is 17.8 Å². The van der Waals surface area contributed by atoms with Crippen LogP contribution in [-0.4, -0.2) is 56.8 Å². The van der Waals surface area contributed by atoms with Gasteiger partial charge in [0, 0.05) is 55.3 Å². The zero-order chi connectivity index (χ0) is 25.7. The van der Waals surface area contributed by atoms with E-state index in [2.05, 4.69) is 20.5 Å². The summed E-state index contributed by atoms with van der Waals surface area (Å²) in [5, 5.41) is 22.0. The monoisotopic (exact) mass is 497 g/mol. The summed E-state index contributed by atoms with van der Waals surface area (Å²) >= 11 is 0. The highest BCUT2D eigenvalue weighted by Gasteiger charge is 2.31. The van der Waals surface area contributed by atoms with Gasteiger partial charge in [-0.15, -0.1) is 10.2 Å². The van der Waals surface area contributed by atoms with E-state index < -0.39 is 0 Å². The Balaban J connectivity index is 1.31. The Hall–Kier alpha value is -4.54. The summed E-state index contributed by atoms with van der Waals surface area (Å²) < 4.78 is 11.3. The maximum absolute atomic E-state index is 13.5. The molecule has 11 heteroatoms. The zero-order valence-electron chi connectivity index (χ0n) is 21.2. The Morgan fingerprint density at radius 1 is 1.14 bits per heavy atom. The van der Waals surface area contributed by atoms with E-state index in [9.17, 15) is 4.79 Å². The molecule has 1 amide bonds. The third-order valence-corrected chi connectivity index (χ3v) is 6.98. The van der Waals surface area contributed by atoms with E-state index in [0.29, 0.717) is 31.1 Å². The molecule has 1 aliphatic heterocycles. The number of aryl methyl sites for hydroxylation is 3. The number of hydrogen-bond acceptors (Lipinski definition) is 7. The maximum atomic E-state index is 13.5. The maximum Gasteiger partial charge on any atom is 0.276 e. The molecule has 0 fully saturated rings. The van der Waals surface area contributed by atoms with Gasteiger partial charge in [-0.3, -0.25) is 18.7 Å². The lowest BCUT2D eigenvalue weighted by atomic mass is 10.0. The van der Waals surface area contributed by atoms with Crippen LogP contribution in [0.4, 0.5) is 0 Å². The van der Waals surface area contributed by atoms with Gasteiger partial charge in [0.15, 0.2) is 17.3 Å². The third-order valence-electron chi connectivity index (χ3n) is 6.98. The molecule has 0 radical (unpaired) electrons. The molecule has 6 rings (SSSR count). The molecular formula is C26H27N9O2. The van der Waals surface area contributed by atoms with E-state index in [0.717, 1.165) is 46.1 Å². The summed E-state index contributed by atoms with van der Waals surface area (Å²) in [6, 6.07) is 11.6. The van der Waals surface area contributed by atoms with Crippen LogP contribution < -0.4 is 0 Å². The highest BCUT2D eigenvalue weighted by Crippen LogP contribution is 2.32. The summed E-state index contributed by atoms with van der Waals surface area (Å²) in [6.45, 7) is 7.68. The highest BCUT2D eigenvalue weighted by molar-refractivity contribution is 5.93. The number of nitrogens with zero attached hydrogens (tertiary/aromatic N) is 9. The molecule has 0 bridgehead atoms. The van der Waals surface area contributed by atoms with Crippen LogP contribution in [0.3, 0.4) is 0 Å². The zero-order valence-corrected chi connectivity index (χ0v) is 21.2. The molecule has 1 aliphatic rings. The second-order valence-electron chi connectivity index (χ2n) is 9.17. The quantitative estimate of drug-likeness (QED) is 0.366. The van der Waals surface area contributed by atoms with Gasteiger partial charge in [0.1, 0.15) is 12.0 Å². The lowest BCUT2D eigenvalue weighted by Crippen LogP contribution is -2.36. The molecule has 5 aromatic rings. The first kappa shape index (κ1) is 22.9. The minimum Gasteiger partial charge on any atom is -0.355 e. The lowest BCUT2D eigenvalue weighted by molar-refractivity contribution is 0.0723. The molecule has 5 heterocycles. The number of benzene rings is 1. The van der Waals surface area contributed by atoms with Crippen molar-refractivity contribution in [1.82, 2.24) is 44.4 Å². The van der Waals surface area contributed by atoms with E-state index in [-0.39, 0.29) is 11.6 Å². The molecule has 37 heavy (non-hydrogen) atoms. The van der Waals surface area contributed by atoms with Crippen LogP contribution in [0.2, 0.25) is 0 Å². The van der Waals surface area contributed by atoms with Crippen molar-refractivity contribution in [3.8, 4) is 28.5 Å². The Morgan fingerprint density at radius 3 is 2.70 bits per heavy atom. The van der Waals surface area contributed by atoms with Crippen LogP contribution in [0.25, 0.3) is 28.5 Å². The molecule has 1 aromatic carbocycles. The molecule has 4 aromatic heterocycles. The van der Waals surface area contributed by atoms with Crippen molar-refractivity contribution < 1.29 is 9.32 Å². The largest absolute Gasteiger partial charge is 0.355 e. The molecule has 0 N–H and O–H groups in total. The van der Waals surface area contributed by atoms with Gasteiger partial charge in [0.25, 0.3) is 5.91 Å². The Labute approximate surface area is 213 Å². The average Bonchev–Trinajstić information content (AvgIpc) is 3.70. The molecule has 0 saturated heterocycles. The predicted octanol–water partition coefficient (Wildman–Crippen LogP) is 3.35. The van der Waals surface area contributed by atoms with Gasteiger partial charge in [-0.25, -0.2) is 0 Å². The van der Waals surface area contributed by atoms with Gasteiger partial charge in [0.2, 0.25) is 0 Å². The summed E-state index contributed by atoms with van der Waals surface area (Å²) in [6.07, 6.45) is 2.36. The van der Waals surface area contributed by atoms with Crippen molar-refractivity contribution in [3.05, 3.63) is 71.1 Å². The highest BCUT2D eigenvalue weighted by atomic mass is 16.5. The van der Waals surface area contributed by atoms with Crippen LogP contribution in [0, 0.1) is 13.8 Å². The van der Waals surface area contributed by atoms with Crippen molar-refractivity contribution >= 4 is 5.91 Å². The second-order valence-corrected chi connectivity index (χ2v) is 9.17. The van der Waals surface area contributed by atoms with Gasteiger partial charge >= 0.3 is 0 Å². The second kappa shape index (κ2) is 8.84. The van der Waals surface area contributed by atoms with Crippen LogP contribution >= 0.6 is 0 Å². The van der Waals surface area contributed by atoms with Crippen molar-refractivity contribution in [1.29, 1.82) is 0 Å². The normalized spacial score (nSPS) is 13.2. The van der Waals surface area contributed by atoms with E-state index in [1.807, 2.05) is 72.1 Å². The summed E-state index contributed by atoms with van der Waals surface area (Å²) in [5.74, 6) is 1.01. The van der Waals surface area contributed by atoms with Crippen molar-refractivity contribution in [3.63, 3.8) is 0 Å². The first-order valence-electron chi connectivity index (χ1n) is 12.3. The molecule has 0 aliphatic carbocycles. The van der Waals surface area contributed by atoms with Gasteiger partial charge in [-0.05, 0) is 32.9 Å². The van der Waals surface area contributed by atoms with Crippen molar-refractivity contribution in [2.45, 2.75) is 40.3 Å². The smallest absolute Gasteiger partial charge is 0.276 e. The number of fused-ring (bicyclic) bond motifs is 1. The SMILES string of the molecule is CCn1nc(C)c(-c2cc(C(=O)N3CCc4c(c(-c5nncn5-c5ccccc5)nn4C)C3)no2)c1C. The molecular weight excluding hydrogens is 470 g/mol.